The first-order valence-electron chi connectivity index (χ1n) is 11.0. The molecule has 9 heteroatoms. The topological polar surface area (TPSA) is 95.4 Å². The SMILES string of the molecule is C#Cc1cc(=O)n2c3nc(ncc13)Nc1ccc(N3CCN(C)CC3)c(c1)C(=O)NCCC2. The third-order valence-electron chi connectivity index (χ3n) is 6.19. The van der Waals surface area contributed by atoms with E-state index in [4.69, 9.17) is 6.42 Å². The number of nitrogens with zero attached hydrogens (tertiary/aromatic N) is 5. The molecule has 0 spiro atoms. The van der Waals surface area contributed by atoms with Crippen LogP contribution in [0.3, 0.4) is 0 Å². The number of nitrogens with one attached hydrogen (secondary N) is 2. The standard InChI is InChI=1S/C24H25N7O2/c1-3-16-13-21(32)31-8-4-7-25-23(33)18-14-17(27-24-26-15-19(16)22(31)28-24)5-6-20(18)30-11-9-29(2)10-12-30/h1,5-6,13-15H,4,7-12H2,2H3,(H,25,33)(H,26,27,28). The molecule has 1 aromatic carbocycles. The third kappa shape index (κ3) is 4.01. The third-order valence-corrected chi connectivity index (χ3v) is 6.19. The molecule has 9 nitrogen and oxygen atoms in total. The molecule has 2 aliphatic heterocycles. The number of benzene rings is 1. The van der Waals surface area contributed by atoms with E-state index in [0.717, 1.165) is 31.9 Å². The van der Waals surface area contributed by atoms with Crippen LogP contribution in [0.25, 0.3) is 11.0 Å². The molecule has 0 saturated carbocycles. The minimum Gasteiger partial charge on any atom is -0.368 e. The van der Waals surface area contributed by atoms with Gasteiger partial charge in [-0.2, -0.15) is 4.98 Å². The maximum Gasteiger partial charge on any atom is 0.253 e. The van der Waals surface area contributed by atoms with E-state index in [1.165, 1.54) is 6.07 Å². The van der Waals surface area contributed by atoms with Gasteiger partial charge in [0.05, 0.1) is 10.9 Å². The van der Waals surface area contributed by atoms with Crippen LogP contribution < -0.4 is 21.1 Å². The van der Waals surface area contributed by atoms with Gasteiger partial charge in [-0.25, -0.2) is 4.98 Å². The molecular formula is C24H25N7O2. The van der Waals surface area contributed by atoms with Crippen molar-refractivity contribution in [2.24, 2.45) is 0 Å². The van der Waals surface area contributed by atoms with Crippen LogP contribution in [-0.2, 0) is 6.54 Å². The van der Waals surface area contributed by atoms with Crippen molar-refractivity contribution in [3.05, 3.63) is 51.9 Å². The van der Waals surface area contributed by atoms with Crippen LogP contribution in [0.15, 0.2) is 35.3 Å². The maximum absolute atomic E-state index is 13.1. The number of rotatable bonds is 1. The van der Waals surface area contributed by atoms with Crippen molar-refractivity contribution in [1.82, 2.24) is 24.8 Å². The lowest BCUT2D eigenvalue weighted by molar-refractivity contribution is 0.0953. The smallest absolute Gasteiger partial charge is 0.253 e. The van der Waals surface area contributed by atoms with Gasteiger partial charge in [0, 0.05) is 68.5 Å². The summed E-state index contributed by atoms with van der Waals surface area (Å²) in [5, 5.41) is 6.84. The zero-order valence-corrected chi connectivity index (χ0v) is 18.5. The second-order valence-corrected chi connectivity index (χ2v) is 8.38. The number of anilines is 3. The van der Waals surface area contributed by atoms with Gasteiger partial charge in [-0.05, 0) is 31.7 Å². The zero-order chi connectivity index (χ0) is 22.9. The second kappa shape index (κ2) is 8.56. The molecule has 168 valence electrons. The Morgan fingerprint density at radius 2 is 1.91 bits per heavy atom. The molecule has 1 fully saturated rings. The summed E-state index contributed by atoms with van der Waals surface area (Å²) in [6.45, 7) is 4.45. The Morgan fingerprint density at radius 3 is 2.70 bits per heavy atom. The lowest BCUT2D eigenvalue weighted by atomic mass is 10.1. The lowest BCUT2D eigenvalue weighted by Gasteiger charge is -2.35. The number of carbonyl (C=O) groups excluding carboxylic acids is 1. The van der Waals surface area contributed by atoms with Crippen LogP contribution in [0, 0.1) is 12.3 Å². The summed E-state index contributed by atoms with van der Waals surface area (Å²) in [4.78, 5) is 39.4. The van der Waals surface area contributed by atoms with Crippen LogP contribution in [0.1, 0.15) is 22.3 Å². The number of fused-ring (bicyclic) bond motifs is 3. The number of aromatic nitrogens is 3. The Morgan fingerprint density at radius 1 is 1.09 bits per heavy atom. The van der Waals surface area contributed by atoms with Crippen molar-refractivity contribution in [3.8, 4) is 12.3 Å². The second-order valence-electron chi connectivity index (χ2n) is 8.38. The summed E-state index contributed by atoms with van der Waals surface area (Å²) in [5.41, 5.74) is 2.93. The average molecular weight is 444 g/mol. The number of likely N-dealkylation sites (N-methyl/N-ethyl adjacent to an activating group) is 1. The van der Waals surface area contributed by atoms with Crippen molar-refractivity contribution < 1.29 is 4.79 Å². The van der Waals surface area contributed by atoms with Crippen molar-refractivity contribution in [1.29, 1.82) is 0 Å². The molecular weight excluding hydrogens is 418 g/mol. The van der Waals surface area contributed by atoms with E-state index in [9.17, 15) is 9.59 Å². The van der Waals surface area contributed by atoms with Gasteiger partial charge in [-0.1, -0.05) is 5.92 Å². The van der Waals surface area contributed by atoms with E-state index in [-0.39, 0.29) is 11.5 Å². The molecule has 0 unspecified atom stereocenters. The number of piperazine rings is 1. The fraction of sp³-hybridized carbons (Fsp3) is 0.333. The first-order chi connectivity index (χ1) is 16.0. The number of hydrogen-bond donors (Lipinski definition) is 2. The number of aryl methyl sites for hydroxylation is 1. The van der Waals surface area contributed by atoms with E-state index in [2.05, 4.69) is 43.4 Å². The van der Waals surface area contributed by atoms with Crippen molar-refractivity contribution in [2.45, 2.75) is 13.0 Å². The highest BCUT2D eigenvalue weighted by Crippen LogP contribution is 2.27. The van der Waals surface area contributed by atoms with Gasteiger partial charge in [0.15, 0.2) is 0 Å². The summed E-state index contributed by atoms with van der Waals surface area (Å²) in [5.74, 6) is 2.75. The molecule has 1 amide bonds. The van der Waals surface area contributed by atoms with Gasteiger partial charge in [0.1, 0.15) is 5.65 Å². The van der Waals surface area contributed by atoms with Crippen LogP contribution >= 0.6 is 0 Å². The minimum atomic E-state index is -0.223. The van der Waals surface area contributed by atoms with Gasteiger partial charge in [0.25, 0.3) is 11.5 Å². The number of amides is 1. The largest absolute Gasteiger partial charge is 0.368 e. The Kier molecular flexibility index (Phi) is 5.44. The molecule has 2 aromatic heterocycles. The summed E-state index contributed by atoms with van der Waals surface area (Å²) < 4.78 is 1.58. The monoisotopic (exact) mass is 443 g/mol. The lowest BCUT2D eigenvalue weighted by Crippen LogP contribution is -2.45. The van der Waals surface area contributed by atoms with Gasteiger partial charge < -0.3 is 20.4 Å². The predicted molar refractivity (Wildman–Crippen MR) is 128 cm³/mol. The fourth-order valence-corrected chi connectivity index (χ4v) is 4.33. The maximum atomic E-state index is 13.1. The van der Waals surface area contributed by atoms with Crippen LogP contribution in [-0.4, -0.2) is 65.1 Å². The summed E-state index contributed by atoms with van der Waals surface area (Å²) in [6, 6.07) is 7.15. The first-order valence-corrected chi connectivity index (χ1v) is 11.0. The Hall–Kier alpha value is -3.90. The molecule has 0 aliphatic carbocycles. The summed E-state index contributed by atoms with van der Waals surface area (Å²) in [6.07, 6.45) is 7.81. The first kappa shape index (κ1) is 21.0. The normalized spacial score (nSPS) is 16.8. The molecule has 3 aromatic rings. The molecule has 2 aliphatic rings. The van der Waals surface area contributed by atoms with Gasteiger partial charge in [-0.15, -0.1) is 6.42 Å². The van der Waals surface area contributed by atoms with E-state index >= 15 is 0 Å². The highest BCUT2D eigenvalue weighted by Gasteiger charge is 2.21. The van der Waals surface area contributed by atoms with E-state index in [1.54, 1.807) is 10.8 Å². The van der Waals surface area contributed by atoms with Crippen LogP contribution in [0.4, 0.5) is 17.3 Å². The van der Waals surface area contributed by atoms with Crippen LogP contribution in [0.2, 0.25) is 0 Å². The number of carbonyl (C=O) groups is 1. The molecule has 33 heavy (non-hydrogen) atoms. The molecule has 1 saturated heterocycles. The van der Waals surface area contributed by atoms with E-state index < -0.39 is 0 Å². The molecule has 5 rings (SSSR count). The number of terminal acetylenes is 1. The zero-order valence-electron chi connectivity index (χ0n) is 18.5. The summed E-state index contributed by atoms with van der Waals surface area (Å²) in [7, 11) is 2.10. The summed E-state index contributed by atoms with van der Waals surface area (Å²) >= 11 is 0. The molecule has 4 heterocycles. The molecule has 0 atom stereocenters. The average Bonchev–Trinajstić information content (AvgIpc) is 2.83. The van der Waals surface area contributed by atoms with E-state index in [1.807, 2.05) is 18.2 Å². The van der Waals surface area contributed by atoms with E-state index in [0.29, 0.717) is 53.3 Å². The van der Waals surface area contributed by atoms with Gasteiger partial charge in [-0.3, -0.25) is 14.2 Å². The van der Waals surface area contributed by atoms with Gasteiger partial charge in [0.2, 0.25) is 5.95 Å². The highest BCUT2D eigenvalue weighted by molar-refractivity contribution is 6.01. The quantitative estimate of drug-likeness (QED) is 0.549. The van der Waals surface area contributed by atoms with Gasteiger partial charge >= 0.3 is 0 Å². The minimum absolute atomic E-state index is 0.139. The highest BCUT2D eigenvalue weighted by atomic mass is 16.1. The Bertz CT molecular complexity index is 1330. The van der Waals surface area contributed by atoms with Crippen molar-refractivity contribution >= 4 is 34.3 Å². The number of pyridine rings is 1. The van der Waals surface area contributed by atoms with Crippen LogP contribution in [0.5, 0.6) is 0 Å². The number of hydrogen-bond acceptors (Lipinski definition) is 7. The predicted octanol–water partition coefficient (Wildman–Crippen LogP) is 1.40. The fourth-order valence-electron chi connectivity index (χ4n) is 4.33. The molecule has 2 N–H and O–H groups in total. The van der Waals surface area contributed by atoms with Crippen molar-refractivity contribution in [2.75, 3.05) is 50.0 Å². The molecule has 4 bridgehead atoms. The van der Waals surface area contributed by atoms with Crippen molar-refractivity contribution in [3.63, 3.8) is 0 Å². The molecule has 0 radical (unpaired) electrons. The Balaban J connectivity index is 1.58. The Labute approximate surface area is 191 Å².